The summed E-state index contributed by atoms with van der Waals surface area (Å²) in [7, 11) is 0. The molecule has 0 N–H and O–H groups in total. The van der Waals surface area contributed by atoms with Crippen molar-refractivity contribution in [1.29, 1.82) is 0 Å². The highest BCUT2D eigenvalue weighted by Crippen LogP contribution is 2.20. The molecule has 0 bridgehead atoms. The van der Waals surface area contributed by atoms with E-state index in [0.29, 0.717) is 24.0 Å². The maximum absolute atomic E-state index is 12.1. The number of ketones is 1. The van der Waals surface area contributed by atoms with E-state index in [4.69, 9.17) is 4.74 Å². The van der Waals surface area contributed by atoms with Gasteiger partial charge in [-0.2, -0.15) is 0 Å². The van der Waals surface area contributed by atoms with Crippen LogP contribution in [0.1, 0.15) is 36.0 Å². The minimum absolute atomic E-state index is 0.0903. The second-order valence-electron chi connectivity index (χ2n) is 5.24. The Morgan fingerprint density at radius 1 is 1.00 bits per heavy atom. The zero-order chi connectivity index (χ0) is 14.7. The quantitative estimate of drug-likeness (QED) is 0.474. The van der Waals surface area contributed by atoms with Crippen LogP contribution in [0.15, 0.2) is 54.3 Å². The summed E-state index contributed by atoms with van der Waals surface area (Å²) >= 11 is 0. The predicted molar refractivity (Wildman–Crippen MR) is 80.9 cm³/mol. The Bertz CT molecular complexity index is 728. The van der Waals surface area contributed by atoms with Crippen LogP contribution in [-0.2, 0) is 9.53 Å². The second-order valence-corrected chi connectivity index (χ2v) is 5.24. The van der Waals surface area contributed by atoms with Gasteiger partial charge in [-0.3, -0.25) is 4.79 Å². The van der Waals surface area contributed by atoms with E-state index in [9.17, 15) is 9.59 Å². The average molecular weight is 280 g/mol. The first-order valence-electron chi connectivity index (χ1n) is 7.16. The van der Waals surface area contributed by atoms with E-state index in [-0.39, 0.29) is 5.78 Å². The topological polar surface area (TPSA) is 43.4 Å². The molecule has 0 amide bonds. The van der Waals surface area contributed by atoms with Crippen molar-refractivity contribution >= 4 is 22.5 Å². The molecular formula is C18H16O3. The van der Waals surface area contributed by atoms with Crippen molar-refractivity contribution in [3.63, 3.8) is 0 Å². The fourth-order valence-electron chi connectivity index (χ4n) is 2.53. The predicted octanol–water partition coefficient (Wildman–Crippen LogP) is 4.02. The molecule has 0 aromatic heterocycles. The first-order chi connectivity index (χ1) is 10.2. The van der Waals surface area contributed by atoms with Crippen LogP contribution in [0.2, 0.25) is 0 Å². The molecule has 0 saturated heterocycles. The van der Waals surface area contributed by atoms with Crippen LogP contribution in [0.4, 0.5) is 0 Å². The number of Topliss-reactive ketones (excluding diaryl/α,β-unsaturated/α-hetero) is 1. The van der Waals surface area contributed by atoms with Crippen molar-refractivity contribution in [2.45, 2.75) is 25.7 Å². The third-order valence-corrected chi connectivity index (χ3v) is 3.75. The number of carbonyl (C=O) groups excluding carboxylic acids is 2. The Morgan fingerprint density at radius 2 is 1.76 bits per heavy atom. The molecule has 0 atom stereocenters. The number of ether oxygens (including phenoxy) is 1. The van der Waals surface area contributed by atoms with Crippen molar-refractivity contribution in [3.8, 4) is 0 Å². The fourth-order valence-corrected chi connectivity index (χ4v) is 2.53. The van der Waals surface area contributed by atoms with Crippen LogP contribution in [-0.4, -0.2) is 11.8 Å². The number of hydrogen-bond acceptors (Lipinski definition) is 3. The minimum atomic E-state index is -0.424. The van der Waals surface area contributed by atoms with E-state index < -0.39 is 5.97 Å². The van der Waals surface area contributed by atoms with Gasteiger partial charge < -0.3 is 4.74 Å². The van der Waals surface area contributed by atoms with E-state index >= 15 is 0 Å². The second kappa shape index (κ2) is 5.92. The lowest BCUT2D eigenvalue weighted by Gasteiger charge is -2.11. The van der Waals surface area contributed by atoms with Gasteiger partial charge in [-0.1, -0.05) is 30.3 Å². The molecule has 0 unspecified atom stereocenters. The van der Waals surface area contributed by atoms with Crippen LogP contribution in [0, 0.1) is 0 Å². The molecule has 3 nitrogen and oxygen atoms in total. The van der Waals surface area contributed by atoms with Crippen LogP contribution >= 0.6 is 0 Å². The monoisotopic (exact) mass is 280 g/mol. The van der Waals surface area contributed by atoms with Gasteiger partial charge in [0.15, 0.2) is 5.78 Å². The number of esters is 1. The zero-order valence-electron chi connectivity index (χ0n) is 11.7. The molecule has 21 heavy (non-hydrogen) atoms. The van der Waals surface area contributed by atoms with Crippen molar-refractivity contribution in [2.24, 2.45) is 0 Å². The van der Waals surface area contributed by atoms with Crippen molar-refractivity contribution < 1.29 is 14.3 Å². The first-order valence-corrected chi connectivity index (χ1v) is 7.16. The van der Waals surface area contributed by atoms with Gasteiger partial charge in [0.25, 0.3) is 0 Å². The average Bonchev–Trinajstić information content (AvgIpc) is 2.53. The van der Waals surface area contributed by atoms with Crippen molar-refractivity contribution in [1.82, 2.24) is 0 Å². The molecule has 0 spiro atoms. The summed E-state index contributed by atoms with van der Waals surface area (Å²) in [5, 5.41) is 2.07. The summed E-state index contributed by atoms with van der Waals surface area (Å²) in [5.74, 6) is -0.334. The first kappa shape index (κ1) is 13.6. The SMILES string of the molecule is O=C1CCCC/C1=C\OC(=O)c1ccc2ccccc2c1. The summed E-state index contributed by atoms with van der Waals surface area (Å²) in [6, 6.07) is 13.3. The Hall–Kier alpha value is -2.42. The van der Waals surface area contributed by atoms with E-state index in [1.807, 2.05) is 30.3 Å². The molecule has 3 rings (SSSR count). The Labute approximate surface area is 123 Å². The number of benzene rings is 2. The van der Waals surface area contributed by atoms with Gasteiger partial charge in [0.05, 0.1) is 5.56 Å². The van der Waals surface area contributed by atoms with E-state index in [1.165, 1.54) is 6.26 Å². The fraction of sp³-hybridized carbons (Fsp3) is 0.222. The van der Waals surface area contributed by atoms with Crippen molar-refractivity contribution in [3.05, 3.63) is 59.9 Å². The molecule has 0 heterocycles. The van der Waals surface area contributed by atoms with Gasteiger partial charge in [0.1, 0.15) is 6.26 Å². The molecule has 106 valence electrons. The summed E-state index contributed by atoms with van der Waals surface area (Å²) in [5.41, 5.74) is 1.11. The third-order valence-electron chi connectivity index (χ3n) is 3.75. The lowest BCUT2D eigenvalue weighted by atomic mass is 9.95. The van der Waals surface area contributed by atoms with E-state index in [2.05, 4.69) is 0 Å². The summed E-state index contributed by atoms with van der Waals surface area (Å²) in [4.78, 5) is 23.7. The van der Waals surface area contributed by atoms with Gasteiger partial charge in [-0.25, -0.2) is 4.79 Å². The van der Waals surface area contributed by atoms with Gasteiger partial charge >= 0.3 is 5.97 Å². The Kier molecular flexibility index (Phi) is 3.82. The Balaban J connectivity index is 1.77. The maximum Gasteiger partial charge on any atom is 0.342 e. The van der Waals surface area contributed by atoms with Gasteiger partial charge in [-0.05, 0) is 42.2 Å². The number of allylic oxidation sites excluding steroid dienone is 1. The molecule has 1 aliphatic rings. The summed E-state index contributed by atoms with van der Waals surface area (Å²) in [6.45, 7) is 0. The Morgan fingerprint density at radius 3 is 2.57 bits per heavy atom. The number of hydrogen-bond donors (Lipinski definition) is 0. The molecule has 1 aliphatic carbocycles. The number of carbonyl (C=O) groups is 2. The van der Waals surface area contributed by atoms with Gasteiger partial charge in [0, 0.05) is 12.0 Å². The van der Waals surface area contributed by atoms with Crippen LogP contribution in [0.5, 0.6) is 0 Å². The largest absolute Gasteiger partial charge is 0.430 e. The maximum atomic E-state index is 12.1. The molecule has 0 radical (unpaired) electrons. The van der Waals surface area contributed by atoms with Gasteiger partial charge in [0.2, 0.25) is 0 Å². The van der Waals surface area contributed by atoms with Crippen LogP contribution < -0.4 is 0 Å². The highest BCUT2D eigenvalue weighted by Gasteiger charge is 2.16. The minimum Gasteiger partial charge on any atom is -0.430 e. The van der Waals surface area contributed by atoms with Crippen molar-refractivity contribution in [2.75, 3.05) is 0 Å². The van der Waals surface area contributed by atoms with E-state index in [0.717, 1.165) is 23.6 Å². The zero-order valence-corrected chi connectivity index (χ0v) is 11.7. The number of fused-ring (bicyclic) bond motifs is 1. The summed E-state index contributed by atoms with van der Waals surface area (Å²) < 4.78 is 5.17. The highest BCUT2D eigenvalue weighted by atomic mass is 16.5. The van der Waals surface area contributed by atoms with Crippen LogP contribution in [0.3, 0.4) is 0 Å². The molecule has 1 saturated carbocycles. The number of rotatable bonds is 2. The molecular weight excluding hydrogens is 264 g/mol. The smallest absolute Gasteiger partial charge is 0.342 e. The highest BCUT2D eigenvalue weighted by molar-refractivity contribution is 5.98. The normalized spacial score (nSPS) is 17.1. The molecule has 1 fully saturated rings. The molecule has 0 aliphatic heterocycles. The van der Waals surface area contributed by atoms with Gasteiger partial charge in [-0.15, -0.1) is 0 Å². The summed E-state index contributed by atoms with van der Waals surface area (Å²) in [6.07, 6.45) is 4.49. The molecule has 2 aromatic rings. The lowest BCUT2D eigenvalue weighted by Crippen LogP contribution is -2.10. The lowest BCUT2D eigenvalue weighted by molar-refractivity contribution is -0.116. The van der Waals surface area contributed by atoms with Crippen LogP contribution in [0.25, 0.3) is 10.8 Å². The molecule has 3 heteroatoms. The van der Waals surface area contributed by atoms with E-state index in [1.54, 1.807) is 12.1 Å². The molecule has 2 aromatic carbocycles. The standard InChI is InChI=1S/C18H16O3/c19-17-8-4-3-7-16(17)12-21-18(20)15-10-9-13-5-1-2-6-14(13)11-15/h1-2,5-6,9-12H,3-4,7-8H2/b16-12+. The third kappa shape index (κ3) is 3.02.